The van der Waals surface area contributed by atoms with Crippen LogP contribution in [0.5, 0.6) is 0 Å². The summed E-state index contributed by atoms with van der Waals surface area (Å²) in [6.45, 7) is 1.90. The lowest BCUT2D eigenvalue weighted by atomic mass is 10.2. The molecule has 0 saturated carbocycles. The Hall–Kier alpha value is -1.58. The lowest BCUT2D eigenvalue weighted by Gasteiger charge is -2.28. The van der Waals surface area contributed by atoms with E-state index in [0.29, 0.717) is 15.9 Å². The Morgan fingerprint density at radius 2 is 2.00 bits per heavy atom. The molecule has 3 rings (SSSR count). The van der Waals surface area contributed by atoms with Gasteiger partial charge >= 0.3 is 0 Å². The molecule has 1 saturated heterocycles. The van der Waals surface area contributed by atoms with Crippen LogP contribution in [0.2, 0.25) is 5.02 Å². The van der Waals surface area contributed by atoms with Gasteiger partial charge in [-0.15, -0.1) is 0 Å². The molecule has 0 spiro atoms. The fourth-order valence-electron chi connectivity index (χ4n) is 2.42. The SMILES string of the molecule is Cc1ccc(NC(=O)C2CC(=O)N(C)C(=Nc3ccc(I)cc3)S2)cc1Cl. The van der Waals surface area contributed by atoms with E-state index in [0.717, 1.165) is 14.8 Å². The Bertz CT molecular complexity index is 918. The van der Waals surface area contributed by atoms with Gasteiger partial charge in [-0.25, -0.2) is 4.99 Å². The maximum Gasteiger partial charge on any atom is 0.238 e. The topological polar surface area (TPSA) is 61.8 Å². The van der Waals surface area contributed by atoms with Crippen LogP contribution in [0.3, 0.4) is 0 Å². The predicted octanol–water partition coefficient (Wildman–Crippen LogP) is 4.84. The van der Waals surface area contributed by atoms with Crippen LogP contribution in [-0.2, 0) is 9.59 Å². The van der Waals surface area contributed by atoms with Crippen LogP contribution in [0, 0.1) is 10.5 Å². The van der Waals surface area contributed by atoms with Gasteiger partial charge in [0.25, 0.3) is 0 Å². The summed E-state index contributed by atoms with van der Waals surface area (Å²) in [7, 11) is 1.68. The number of aliphatic imine (C=N–C) groups is 1. The molecule has 0 radical (unpaired) electrons. The lowest BCUT2D eigenvalue weighted by molar-refractivity contribution is -0.128. The van der Waals surface area contributed by atoms with Crippen LogP contribution in [-0.4, -0.2) is 34.2 Å². The zero-order valence-corrected chi connectivity index (χ0v) is 18.4. The van der Waals surface area contributed by atoms with Crippen LogP contribution in [0.15, 0.2) is 47.5 Å². The highest BCUT2D eigenvalue weighted by molar-refractivity contribution is 14.1. The van der Waals surface area contributed by atoms with Crippen molar-refractivity contribution in [3.8, 4) is 0 Å². The van der Waals surface area contributed by atoms with Crippen molar-refractivity contribution >= 4 is 74.3 Å². The summed E-state index contributed by atoms with van der Waals surface area (Å²) >= 11 is 9.62. The quantitative estimate of drug-likeness (QED) is 0.597. The van der Waals surface area contributed by atoms with Crippen molar-refractivity contribution < 1.29 is 9.59 Å². The molecule has 27 heavy (non-hydrogen) atoms. The number of benzene rings is 2. The second-order valence-corrected chi connectivity index (χ2v) is 8.91. The number of nitrogens with zero attached hydrogens (tertiary/aromatic N) is 2. The van der Waals surface area contributed by atoms with Gasteiger partial charge < -0.3 is 5.32 Å². The maximum atomic E-state index is 12.7. The minimum absolute atomic E-state index is 0.123. The van der Waals surface area contributed by atoms with Crippen LogP contribution in [0.4, 0.5) is 11.4 Å². The second kappa shape index (κ2) is 8.62. The fraction of sp³-hybridized carbons (Fsp3) is 0.211. The molecule has 1 N–H and O–H groups in total. The number of anilines is 1. The normalized spacial score (nSPS) is 18.7. The number of halogens is 2. The van der Waals surface area contributed by atoms with Crippen LogP contribution >= 0.6 is 46.0 Å². The summed E-state index contributed by atoms with van der Waals surface area (Å²) < 4.78 is 1.10. The van der Waals surface area contributed by atoms with Gasteiger partial charge in [0.15, 0.2) is 5.17 Å². The van der Waals surface area contributed by atoms with Gasteiger partial charge in [-0.05, 0) is 71.5 Å². The third-order valence-electron chi connectivity index (χ3n) is 4.05. The van der Waals surface area contributed by atoms with E-state index in [9.17, 15) is 9.59 Å². The lowest BCUT2D eigenvalue weighted by Crippen LogP contribution is -2.43. The highest BCUT2D eigenvalue weighted by Crippen LogP contribution is 2.29. The van der Waals surface area contributed by atoms with E-state index in [2.05, 4.69) is 32.9 Å². The van der Waals surface area contributed by atoms with E-state index in [-0.39, 0.29) is 18.2 Å². The molecular formula is C19H17ClIN3O2S. The van der Waals surface area contributed by atoms with Gasteiger partial charge in [0, 0.05) is 27.7 Å². The Kier molecular flexibility index (Phi) is 6.44. The number of amides is 2. The van der Waals surface area contributed by atoms with Crippen LogP contribution in [0.25, 0.3) is 0 Å². The van der Waals surface area contributed by atoms with E-state index in [1.165, 1.54) is 16.7 Å². The monoisotopic (exact) mass is 513 g/mol. The molecule has 2 amide bonds. The fourth-order valence-corrected chi connectivity index (χ4v) is 4.02. The molecule has 0 aromatic heterocycles. The summed E-state index contributed by atoms with van der Waals surface area (Å²) in [6.07, 6.45) is 0.123. The number of thioether (sulfide) groups is 1. The molecule has 1 heterocycles. The first-order chi connectivity index (χ1) is 12.8. The van der Waals surface area contributed by atoms with E-state index in [1.807, 2.05) is 37.3 Å². The number of rotatable bonds is 3. The van der Waals surface area contributed by atoms with Gasteiger partial charge in [0.1, 0.15) is 5.25 Å². The van der Waals surface area contributed by atoms with E-state index < -0.39 is 5.25 Å². The van der Waals surface area contributed by atoms with Gasteiger partial charge in [-0.1, -0.05) is 29.4 Å². The Morgan fingerprint density at radius 3 is 2.67 bits per heavy atom. The van der Waals surface area contributed by atoms with Crippen molar-refractivity contribution in [3.05, 3.63) is 56.6 Å². The minimum atomic E-state index is -0.545. The second-order valence-electron chi connectivity index (χ2n) is 6.09. The summed E-state index contributed by atoms with van der Waals surface area (Å²) in [5.41, 5.74) is 2.29. The number of amidine groups is 1. The third kappa shape index (κ3) is 5.03. The number of nitrogens with one attached hydrogen (secondary N) is 1. The van der Waals surface area contributed by atoms with Gasteiger partial charge in [0.2, 0.25) is 11.8 Å². The Morgan fingerprint density at radius 1 is 1.30 bits per heavy atom. The number of carbonyl (C=O) groups is 2. The molecule has 0 aliphatic carbocycles. The Balaban J connectivity index is 1.77. The minimum Gasteiger partial charge on any atom is -0.325 e. The zero-order valence-electron chi connectivity index (χ0n) is 14.7. The van der Waals surface area contributed by atoms with Gasteiger partial charge in [-0.2, -0.15) is 0 Å². The van der Waals surface area contributed by atoms with Crippen molar-refractivity contribution in [2.24, 2.45) is 4.99 Å². The average molecular weight is 514 g/mol. The highest BCUT2D eigenvalue weighted by atomic mass is 127. The van der Waals surface area contributed by atoms with E-state index in [1.54, 1.807) is 19.2 Å². The van der Waals surface area contributed by atoms with Crippen molar-refractivity contribution in [1.82, 2.24) is 4.90 Å². The van der Waals surface area contributed by atoms with E-state index in [4.69, 9.17) is 11.6 Å². The largest absolute Gasteiger partial charge is 0.325 e. The van der Waals surface area contributed by atoms with Crippen molar-refractivity contribution in [3.63, 3.8) is 0 Å². The van der Waals surface area contributed by atoms with Crippen LogP contribution in [0.1, 0.15) is 12.0 Å². The molecule has 1 fully saturated rings. The highest BCUT2D eigenvalue weighted by Gasteiger charge is 2.34. The van der Waals surface area contributed by atoms with Crippen molar-refractivity contribution in [2.75, 3.05) is 12.4 Å². The smallest absolute Gasteiger partial charge is 0.238 e. The molecule has 1 aliphatic heterocycles. The zero-order chi connectivity index (χ0) is 19.6. The number of hydrogen-bond donors (Lipinski definition) is 1. The summed E-state index contributed by atoms with van der Waals surface area (Å²) in [6, 6.07) is 13.0. The number of carbonyl (C=O) groups excluding carboxylic acids is 2. The van der Waals surface area contributed by atoms with Crippen molar-refractivity contribution in [1.29, 1.82) is 0 Å². The van der Waals surface area contributed by atoms with Crippen molar-refractivity contribution in [2.45, 2.75) is 18.6 Å². The number of aryl methyl sites for hydroxylation is 1. The molecule has 2 aromatic carbocycles. The first-order valence-corrected chi connectivity index (χ1v) is 10.5. The van der Waals surface area contributed by atoms with E-state index >= 15 is 0 Å². The summed E-state index contributed by atoms with van der Waals surface area (Å²) in [4.78, 5) is 31.0. The van der Waals surface area contributed by atoms with Crippen LogP contribution < -0.4 is 5.32 Å². The van der Waals surface area contributed by atoms with Gasteiger partial charge in [-0.3, -0.25) is 14.5 Å². The molecule has 140 valence electrons. The van der Waals surface area contributed by atoms with Gasteiger partial charge in [0.05, 0.1) is 5.69 Å². The Labute approximate surface area is 180 Å². The molecule has 1 aliphatic rings. The maximum absolute atomic E-state index is 12.7. The summed E-state index contributed by atoms with van der Waals surface area (Å²) in [5, 5.41) is 3.38. The molecule has 0 bridgehead atoms. The third-order valence-corrected chi connectivity index (χ3v) is 6.42. The molecule has 1 unspecified atom stereocenters. The average Bonchev–Trinajstić information content (AvgIpc) is 2.63. The first-order valence-electron chi connectivity index (χ1n) is 8.18. The molecule has 5 nitrogen and oxygen atoms in total. The summed E-state index contributed by atoms with van der Waals surface area (Å²) in [5.74, 6) is -0.378. The standard InChI is InChI=1S/C19H17ClIN3O2S/c1-11-3-6-14(9-15(11)20)22-18(26)16-10-17(25)24(2)19(27-16)23-13-7-4-12(21)5-8-13/h3-9,16H,10H2,1-2H3,(H,22,26). The molecule has 2 aromatic rings. The molecule has 8 heteroatoms. The predicted molar refractivity (Wildman–Crippen MR) is 120 cm³/mol. The molecular weight excluding hydrogens is 497 g/mol. The number of hydrogen-bond acceptors (Lipinski definition) is 4. The molecule has 1 atom stereocenters. The first kappa shape index (κ1) is 20.2.